The van der Waals surface area contributed by atoms with Gasteiger partial charge in [0.15, 0.2) is 0 Å². The summed E-state index contributed by atoms with van der Waals surface area (Å²) >= 11 is 6.30. The average Bonchev–Trinajstić information content (AvgIpc) is 2.62. The molecule has 0 bridgehead atoms. The van der Waals surface area contributed by atoms with Gasteiger partial charge in [-0.3, -0.25) is 0 Å². The van der Waals surface area contributed by atoms with Gasteiger partial charge >= 0.3 is 0 Å². The molecule has 1 heterocycles. The van der Waals surface area contributed by atoms with Gasteiger partial charge in [0, 0.05) is 24.7 Å². The highest BCUT2D eigenvalue weighted by molar-refractivity contribution is 7.89. The summed E-state index contributed by atoms with van der Waals surface area (Å²) in [5.74, 6) is 0.342. The Balaban J connectivity index is 2.06. The van der Waals surface area contributed by atoms with Gasteiger partial charge < -0.3 is 10.1 Å². The van der Waals surface area contributed by atoms with Crippen LogP contribution in [0.2, 0.25) is 5.02 Å². The zero-order chi connectivity index (χ0) is 17.2. The van der Waals surface area contributed by atoms with Crippen molar-refractivity contribution < 1.29 is 13.2 Å². The first-order chi connectivity index (χ1) is 11.6. The Morgan fingerprint density at radius 2 is 1.88 bits per heavy atom. The fourth-order valence-electron chi connectivity index (χ4n) is 2.94. The Labute approximate surface area is 147 Å². The molecule has 2 aromatic rings. The second-order valence-corrected chi connectivity index (χ2v) is 7.77. The Hall–Kier alpha value is -1.60. The minimum Gasteiger partial charge on any atom is -0.495 e. The van der Waals surface area contributed by atoms with Gasteiger partial charge in [0.25, 0.3) is 0 Å². The number of benzene rings is 2. The maximum atomic E-state index is 13.2. The summed E-state index contributed by atoms with van der Waals surface area (Å²) in [5, 5.41) is 3.81. The van der Waals surface area contributed by atoms with E-state index in [1.165, 1.54) is 11.4 Å². The van der Waals surface area contributed by atoms with E-state index < -0.39 is 10.0 Å². The van der Waals surface area contributed by atoms with Gasteiger partial charge in [-0.05, 0) is 23.8 Å². The summed E-state index contributed by atoms with van der Waals surface area (Å²) in [4.78, 5) is 0.173. The minimum absolute atomic E-state index is 0.173. The molecule has 1 fully saturated rings. The topological polar surface area (TPSA) is 58.6 Å². The molecule has 0 aromatic heterocycles. The van der Waals surface area contributed by atoms with Crippen molar-refractivity contribution in [2.75, 3.05) is 26.7 Å². The number of hydrogen-bond acceptors (Lipinski definition) is 4. The number of sulfonamides is 1. The van der Waals surface area contributed by atoms with Gasteiger partial charge in [-0.15, -0.1) is 0 Å². The summed E-state index contributed by atoms with van der Waals surface area (Å²) in [6.45, 7) is 1.48. The number of nitrogens with zero attached hydrogens (tertiary/aromatic N) is 1. The number of ether oxygens (including phenoxy) is 1. The van der Waals surface area contributed by atoms with Gasteiger partial charge in [0.1, 0.15) is 10.6 Å². The lowest BCUT2D eigenvalue weighted by molar-refractivity contribution is 0.270. The maximum absolute atomic E-state index is 13.2. The fourth-order valence-corrected chi connectivity index (χ4v) is 4.97. The zero-order valence-corrected chi connectivity index (χ0v) is 14.8. The second kappa shape index (κ2) is 7.11. The fraction of sp³-hybridized carbons (Fsp3) is 0.294. The highest BCUT2D eigenvalue weighted by atomic mass is 35.5. The molecule has 7 heteroatoms. The van der Waals surface area contributed by atoms with Crippen molar-refractivity contribution in [3.05, 3.63) is 59.1 Å². The lowest BCUT2D eigenvalue weighted by Crippen LogP contribution is -2.48. The molecule has 0 spiro atoms. The molecular formula is C17H19ClN2O3S. The highest BCUT2D eigenvalue weighted by Crippen LogP contribution is 2.35. The number of hydrogen-bond donors (Lipinski definition) is 1. The molecule has 1 aliphatic heterocycles. The van der Waals surface area contributed by atoms with Crippen LogP contribution in [0.3, 0.4) is 0 Å². The molecule has 2 aromatic carbocycles. The van der Waals surface area contributed by atoms with E-state index >= 15 is 0 Å². The molecule has 1 saturated heterocycles. The monoisotopic (exact) mass is 366 g/mol. The second-order valence-electron chi connectivity index (χ2n) is 5.51. The number of piperazine rings is 1. The van der Waals surface area contributed by atoms with Crippen LogP contribution in [0.1, 0.15) is 11.6 Å². The third kappa shape index (κ3) is 3.15. The lowest BCUT2D eigenvalue weighted by Gasteiger charge is -2.36. The van der Waals surface area contributed by atoms with Gasteiger partial charge in [0.05, 0.1) is 13.2 Å². The first kappa shape index (κ1) is 17.2. The summed E-state index contributed by atoms with van der Waals surface area (Å²) in [5.41, 5.74) is 0.796. The van der Waals surface area contributed by atoms with E-state index in [9.17, 15) is 8.42 Å². The number of methoxy groups -OCH3 is 1. The summed E-state index contributed by atoms with van der Waals surface area (Å²) in [7, 11) is -2.24. The number of para-hydroxylation sites is 1. The molecule has 1 unspecified atom stereocenters. The van der Waals surface area contributed by atoms with E-state index in [2.05, 4.69) is 5.32 Å². The van der Waals surface area contributed by atoms with E-state index in [1.807, 2.05) is 18.2 Å². The first-order valence-electron chi connectivity index (χ1n) is 7.65. The smallest absolute Gasteiger partial charge is 0.247 e. The molecule has 24 heavy (non-hydrogen) atoms. The SMILES string of the molecule is COc1ccccc1S(=O)(=O)N1CCNCC1c1ccccc1Cl. The van der Waals surface area contributed by atoms with Crippen LogP contribution in [-0.2, 0) is 10.0 Å². The molecule has 0 radical (unpaired) electrons. The van der Waals surface area contributed by atoms with Gasteiger partial charge in [-0.25, -0.2) is 8.42 Å². The number of nitrogens with one attached hydrogen (secondary N) is 1. The van der Waals surface area contributed by atoms with E-state index in [0.29, 0.717) is 30.4 Å². The number of halogens is 1. The molecular weight excluding hydrogens is 348 g/mol. The van der Waals surface area contributed by atoms with E-state index in [1.54, 1.807) is 30.3 Å². The molecule has 1 N–H and O–H groups in total. The third-order valence-corrected chi connectivity index (χ3v) is 6.41. The van der Waals surface area contributed by atoms with E-state index in [4.69, 9.17) is 16.3 Å². The van der Waals surface area contributed by atoms with Crippen LogP contribution in [0.5, 0.6) is 5.75 Å². The lowest BCUT2D eigenvalue weighted by atomic mass is 10.1. The van der Waals surface area contributed by atoms with Gasteiger partial charge in [0.2, 0.25) is 10.0 Å². The molecule has 1 aliphatic rings. The van der Waals surface area contributed by atoms with E-state index in [0.717, 1.165) is 5.56 Å². The highest BCUT2D eigenvalue weighted by Gasteiger charge is 2.36. The predicted molar refractivity (Wildman–Crippen MR) is 93.9 cm³/mol. The van der Waals surface area contributed by atoms with Crippen LogP contribution >= 0.6 is 11.6 Å². The minimum atomic E-state index is -3.71. The quantitative estimate of drug-likeness (QED) is 0.903. The average molecular weight is 367 g/mol. The zero-order valence-electron chi connectivity index (χ0n) is 13.3. The van der Waals surface area contributed by atoms with Crippen LogP contribution in [0, 0.1) is 0 Å². The van der Waals surface area contributed by atoms with Crippen molar-refractivity contribution in [1.82, 2.24) is 9.62 Å². The normalized spacial score (nSPS) is 19.2. The molecule has 1 atom stereocenters. The van der Waals surface area contributed by atoms with Crippen molar-refractivity contribution in [3.63, 3.8) is 0 Å². The summed E-state index contributed by atoms with van der Waals surface area (Å²) in [6, 6.07) is 13.7. The van der Waals surface area contributed by atoms with Crippen LogP contribution in [-0.4, -0.2) is 39.5 Å². The molecule has 3 rings (SSSR count). The van der Waals surface area contributed by atoms with Crippen LogP contribution < -0.4 is 10.1 Å². The van der Waals surface area contributed by atoms with Crippen molar-refractivity contribution in [2.24, 2.45) is 0 Å². The molecule has 5 nitrogen and oxygen atoms in total. The predicted octanol–water partition coefficient (Wildman–Crippen LogP) is 2.68. The largest absolute Gasteiger partial charge is 0.495 e. The molecule has 0 aliphatic carbocycles. The molecule has 128 valence electrons. The van der Waals surface area contributed by atoms with Gasteiger partial charge in [-0.2, -0.15) is 4.31 Å². The maximum Gasteiger partial charge on any atom is 0.247 e. The summed E-state index contributed by atoms with van der Waals surface area (Å²) < 4.78 is 33.2. The Morgan fingerprint density at radius 3 is 2.62 bits per heavy atom. The van der Waals surface area contributed by atoms with Crippen molar-refractivity contribution in [1.29, 1.82) is 0 Å². The molecule has 0 saturated carbocycles. The molecule has 0 amide bonds. The van der Waals surface area contributed by atoms with Crippen molar-refractivity contribution in [3.8, 4) is 5.75 Å². The van der Waals surface area contributed by atoms with Crippen LogP contribution in [0.15, 0.2) is 53.4 Å². The van der Waals surface area contributed by atoms with Crippen molar-refractivity contribution in [2.45, 2.75) is 10.9 Å². The van der Waals surface area contributed by atoms with Gasteiger partial charge in [-0.1, -0.05) is 41.9 Å². The third-order valence-electron chi connectivity index (χ3n) is 4.11. The van der Waals surface area contributed by atoms with E-state index in [-0.39, 0.29) is 10.9 Å². The Kier molecular flexibility index (Phi) is 5.10. The van der Waals surface area contributed by atoms with Crippen LogP contribution in [0.4, 0.5) is 0 Å². The Morgan fingerprint density at radius 1 is 1.17 bits per heavy atom. The van der Waals surface area contributed by atoms with Crippen molar-refractivity contribution >= 4 is 21.6 Å². The van der Waals surface area contributed by atoms with Crippen LogP contribution in [0.25, 0.3) is 0 Å². The Bertz CT molecular complexity index is 826. The standard InChI is InChI=1S/C17H19ClN2O3S/c1-23-16-8-4-5-9-17(16)24(21,22)20-11-10-19-12-15(20)13-6-2-3-7-14(13)18/h2-9,15,19H,10-12H2,1H3. The summed E-state index contributed by atoms with van der Waals surface area (Å²) in [6.07, 6.45) is 0. The number of rotatable bonds is 4. The first-order valence-corrected chi connectivity index (χ1v) is 9.47.